The molecule has 0 aliphatic carbocycles. The van der Waals surface area contributed by atoms with E-state index in [1.807, 2.05) is 39.5 Å². The minimum Gasteiger partial charge on any atom is -0.508 e. The predicted octanol–water partition coefficient (Wildman–Crippen LogP) is 14.0. The third kappa shape index (κ3) is 27.8. The number of alkyl halides is 3. The highest BCUT2D eigenvalue weighted by molar-refractivity contribution is 9.09. The molecule has 6 aromatic carbocycles. The van der Waals surface area contributed by atoms with Gasteiger partial charge in [-0.25, -0.2) is 39.0 Å². The summed E-state index contributed by atoms with van der Waals surface area (Å²) in [6, 6.07) is 31.9. The van der Waals surface area contributed by atoms with Crippen molar-refractivity contribution in [1.82, 2.24) is 59.6 Å². The van der Waals surface area contributed by atoms with Crippen LogP contribution in [0.15, 0.2) is 109 Å². The Morgan fingerprint density at radius 1 is 0.408 bits per heavy atom. The van der Waals surface area contributed by atoms with Crippen molar-refractivity contribution in [3.05, 3.63) is 160 Å². The van der Waals surface area contributed by atoms with Gasteiger partial charge in [-0.15, -0.1) is 0 Å². The Bertz CT molecular complexity index is 5790. The molecule has 17 N–H and O–H groups in total. The van der Waals surface area contributed by atoms with E-state index < -0.39 is 15.6 Å². The number of hydrogen-bond donors (Lipinski definition) is 14. The van der Waals surface area contributed by atoms with E-state index in [-0.39, 0.29) is 76.5 Å². The third-order valence-electron chi connectivity index (χ3n) is 20.4. The van der Waals surface area contributed by atoms with E-state index in [2.05, 4.69) is 128 Å². The largest absolute Gasteiger partial charge is 0.524 e. The van der Waals surface area contributed by atoms with Crippen LogP contribution in [0.3, 0.4) is 0 Å². The lowest BCUT2D eigenvalue weighted by molar-refractivity contribution is -0.119. The molecular weight excluding hydrogens is 1840 g/mol. The topological polar surface area (TPSA) is 500 Å². The van der Waals surface area contributed by atoms with Crippen molar-refractivity contribution in [2.75, 3.05) is 92.5 Å². The number of benzene rings is 6. The number of halogens is 3. The molecule has 0 atom stereocenters. The Labute approximate surface area is 748 Å². The predicted molar refractivity (Wildman–Crippen MR) is 494 cm³/mol. The zero-order valence-electron chi connectivity index (χ0n) is 70.2. The number of nitrogens with two attached hydrogens (primary N) is 3. The van der Waals surface area contributed by atoms with Crippen LogP contribution in [-0.4, -0.2) is 177 Å². The van der Waals surface area contributed by atoms with E-state index in [9.17, 15) is 63.5 Å². The summed E-state index contributed by atoms with van der Waals surface area (Å²) in [7, 11) is -9.80. The maximum absolute atomic E-state index is 11.7. The standard InChI is InChI=1S/2C29H37BrN5O7P.C29H36BrN5O4/c1-2-3-10-24-34-26-27(35(24)18-20-8-4-9-23(28(20)37)42-43(38,39)40)21-16-19(11-12-22(21)33-29(26)31)7-5-14-41-15-6-13-32-25(36)17-30;1-2-3-10-24-34-26-27(35(24)18-20-8-4-9-23(36)28(20)42-43(38,39)40)21-16-19(11-12-22(21)33-29(26)31)7-5-14-41-15-6-13-32-25(37)17-30;1-2-3-7-25-34-27-28(35(25)18-20-16-21(36)9-11-24(20)37)22-15-19(8-10-23(22)33-29(27)31)6-4-13-39-14-5-12-32-26(38)17-30/h4,8-9,11-12,16,37H,2-3,5-7,10,13-15,17-18H2,1H3,(H2,31,33)(H,32,36)(H2,38,39,40);4,8-9,11-12,16,36H,2-3,5-7,10,13-15,17-18H2,1H3,(H2,31,33)(H,32,37)(H2,38,39,40);8-11,15-16,36-37H,2-7,12-14,17-18H2,1H3,(H2,31,33)(H,32,38). The lowest BCUT2D eigenvalue weighted by Crippen LogP contribution is -2.26. The average Bonchev–Trinajstić information content (AvgIpc) is 1.62. The van der Waals surface area contributed by atoms with E-state index in [0.717, 1.165) is 175 Å². The van der Waals surface area contributed by atoms with Crippen molar-refractivity contribution >= 4 is 164 Å². The number of imidazole rings is 3. The number of para-hydroxylation sites is 2. The molecule has 6 heterocycles. The molecule has 0 spiro atoms. The van der Waals surface area contributed by atoms with Crippen molar-refractivity contribution in [3.63, 3.8) is 0 Å². The second-order valence-electron chi connectivity index (χ2n) is 30.0. The number of phosphoric ester groups is 2. The van der Waals surface area contributed by atoms with E-state index in [1.165, 1.54) is 24.3 Å². The Kier molecular flexibility index (Phi) is 37.1. The first-order valence-electron chi connectivity index (χ1n) is 41.7. The molecule has 3 amide bonds. The number of carbonyl (C=O) groups excluding carboxylic acids is 3. The molecule has 0 aliphatic heterocycles. The molecule has 12 rings (SSSR count). The van der Waals surface area contributed by atoms with Gasteiger partial charge in [0.25, 0.3) is 0 Å². The van der Waals surface area contributed by atoms with Gasteiger partial charge < -0.3 is 90.5 Å². The molecule has 0 saturated carbocycles. The second kappa shape index (κ2) is 47.7. The second-order valence-corrected chi connectivity index (χ2v) is 34.0. The molecule has 0 bridgehead atoms. The van der Waals surface area contributed by atoms with Crippen molar-refractivity contribution in [2.45, 2.75) is 156 Å². The van der Waals surface area contributed by atoms with Gasteiger partial charge >= 0.3 is 15.6 Å². The molecule has 0 saturated heterocycles. The summed E-state index contributed by atoms with van der Waals surface area (Å²) >= 11 is 9.37. The number of hydrogen-bond acceptors (Lipinski definition) is 23. The summed E-state index contributed by atoms with van der Waals surface area (Å²) < 4.78 is 56.0. The highest BCUT2D eigenvalue weighted by Crippen LogP contribution is 2.46. The quantitative estimate of drug-likeness (QED) is 0.00729. The molecule has 0 unspecified atom stereocenters. The number of aromatic nitrogens is 9. The molecule has 672 valence electrons. The van der Waals surface area contributed by atoms with Crippen molar-refractivity contribution in [1.29, 1.82) is 0 Å². The Hall–Kier alpha value is -9.81. The van der Waals surface area contributed by atoms with Crippen LogP contribution in [0.2, 0.25) is 0 Å². The van der Waals surface area contributed by atoms with Crippen LogP contribution in [0.5, 0.6) is 34.5 Å². The lowest BCUT2D eigenvalue weighted by Gasteiger charge is -2.16. The molecule has 38 heteroatoms. The number of phenolic OH excluding ortho intramolecular Hbond substituents is 4. The van der Waals surface area contributed by atoms with Crippen LogP contribution < -0.4 is 42.2 Å². The summed E-state index contributed by atoms with van der Waals surface area (Å²) in [6.45, 7) is 12.3. The number of amides is 3. The summed E-state index contributed by atoms with van der Waals surface area (Å²) in [6.07, 6.45) is 14.8. The maximum Gasteiger partial charge on any atom is 0.524 e. The fraction of sp³-hybridized carbons (Fsp3) is 0.414. The molecule has 0 fully saturated rings. The van der Waals surface area contributed by atoms with E-state index in [1.54, 1.807) is 30.3 Å². The van der Waals surface area contributed by atoms with Gasteiger partial charge in [0.2, 0.25) is 17.7 Å². The van der Waals surface area contributed by atoms with Crippen LogP contribution >= 0.6 is 63.4 Å². The molecule has 125 heavy (non-hydrogen) atoms. The zero-order valence-corrected chi connectivity index (χ0v) is 76.7. The van der Waals surface area contributed by atoms with E-state index in [0.29, 0.717) is 145 Å². The number of anilines is 3. The maximum atomic E-state index is 11.7. The zero-order chi connectivity index (χ0) is 89.7. The fourth-order valence-electron chi connectivity index (χ4n) is 14.4. The number of rotatable bonds is 46. The highest BCUT2D eigenvalue weighted by Gasteiger charge is 2.28. The first-order chi connectivity index (χ1) is 60.1. The van der Waals surface area contributed by atoms with Crippen molar-refractivity contribution < 1.29 is 86.8 Å². The van der Waals surface area contributed by atoms with Gasteiger partial charge in [-0.3, -0.25) is 34.0 Å². The van der Waals surface area contributed by atoms with Gasteiger partial charge in [-0.05, 0) is 160 Å². The summed E-state index contributed by atoms with van der Waals surface area (Å²) in [4.78, 5) is 99.7. The SMILES string of the molecule is CCCCc1nc2c(N)nc3ccc(CCCOCCCNC(=O)CBr)cc3c2n1Cc1cc(O)ccc1O.CCCCc1nc2c(N)nc3ccc(CCCOCCCNC(=O)CBr)cc3c2n1Cc1cccc(O)c1OP(=O)(O)O.CCCCc1nc2c(N)nc3ccc(CCCOCCCNC(=O)CBr)cc3c2n1Cc1cccc(OP(=O)(O)O)c1O. The van der Waals surface area contributed by atoms with Crippen LogP contribution in [0.1, 0.15) is 149 Å². The monoisotopic (exact) mass is 1950 g/mol. The summed E-state index contributed by atoms with van der Waals surface area (Å²) in [5, 5.41) is 53.7. The number of nitrogen functional groups attached to an aromatic ring is 3. The van der Waals surface area contributed by atoms with Gasteiger partial charge in [0, 0.05) is 111 Å². The first kappa shape index (κ1) is 97.4. The van der Waals surface area contributed by atoms with Gasteiger partial charge in [0.15, 0.2) is 40.5 Å². The number of nitrogens with zero attached hydrogens (tertiary/aromatic N) is 9. The van der Waals surface area contributed by atoms with E-state index in [4.69, 9.17) is 55.4 Å². The normalized spacial score (nSPS) is 11.7. The third-order valence-corrected chi connectivity index (χ3v) is 22.8. The molecule has 12 aromatic rings. The minimum atomic E-state index is -4.93. The lowest BCUT2D eigenvalue weighted by atomic mass is 10.1. The molecule has 6 aromatic heterocycles. The number of aromatic hydroxyl groups is 4. The number of pyridine rings is 3. The number of ether oxygens (including phenoxy) is 3. The Morgan fingerprint density at radius 2 is 0.768 bits per heavy atom. The van der Waals surface area contributed by atoms with E-state index >= 15 is 0 Å². The smallest absolute Gasteiger partial charge is 0.508 e. The molecule has 33 nitrogen and oxygen atoms in total. The number of aryl methyl sites for hydroxylation is 6. The highest BCUT2D eigenvalue weighted by atomic mass is 79.9. The van der Waals surface area contributed by atoms with Crippen LogP contribution in [-0.2, 0) is 95.9 Å². The average molecular weight is 1960 g/mol. The summed E-state index contributed by atoms with van der Waals surface area (Å²) in [5.41, 5.74) is 30.2. The van der Waals surface area contributed by atoms with Crippen molar-refractivity contribution in [3.8, 4) is 34.5 Å². The number of carbonyl (C=O) groups is 3. The van der Waals surface area contributed by atoms with Gasteiger partial charge in [-0.1, -0.05) is 130 Å². The number of fused-ring (bicyclic) bond motifs is 9. The van der Waals surface area contributed by atoms with Gasteiger partial charge in [0.05, 0.1) is 68.7 Å². The first-order valence-corrected chi connectivity index (χ1v) is 48.1. The Morgan fingerprint density at radius 3 is 1.14 bits per heavy atom. The Balaban J connectivity index is 0.000000196. The number of phenols is 4. The molecule has 0 radical (unpaired) electrons. The van der Waals surface area contributed by atoms with Crippen molar-refractivity contribution in [2.24, 2.45) is 0 Å². The van der Waals surface area contributed by atoms with Crippen LogP contribution in [0.25, 0.3) is 65.8 Å². The van der Waals surface area contributed by atoms with Gasteiger partial charge in [-0.2, -0.15) is 0 Å². The summed E-state index contributed by atoms with van der Waals surface area (Å²) in [5.74, 6) is 2.16. The van der Waals surface area contributed by atoms with Crippen LogP contribution in [0.4, 0.5) is 17.5 Å². The number of nitrogens with one attached hydrogen (secondary N) is 3. The number of phosphoric acid groups is 2. The van der Waals surface area contributed by atoms with Gasteiger partial charge in [0.1, 0.15) is 45.5 Å². The fourth-order valence-corrected chi connectivity index (χ4v) is 15.8. The number of unbranched alkanes of at least 4 members (excludes halogenated alkanes) is 3. The molecule has 0 aliphatic rings. The van der Waals surface area contributed by atoms with Crippen LogP contribution in [0, 0.1) is 0 Å². The minimum absolute atomic E-state index is 0.0193. The molecular formula is C87H110Br3N15O18P2.